The van der Waals surface area contributed by atoms with Crippen LogP contribution in [0.5, 0.6) is 11.5 Å². The van der Waals surface area contributed by atoms with Crippen molar-refractivity contribution in [2.75, 3.05) is 7.11 Å². The van der Waals surface area contributed by atoms with Gasteiger partial charge in [0.15, 0.2) is 6.10 Å². The number of carbonyl (C=O) groups excluding carboxylic acids is 1. The number of methoxy groups -OCH3 is 1. The average Bonchev–Trinajstić information content (AvgIpc) is 2.48. The zero-order valence-corrected chi connectivity index (χ0v) is 10.9. The number of aromatic nitrogens is 1. The standard InChI is InChI=1S/C15H15NO3/c1-11(15(17)12-4-3-9-16-10-12)19-14-7-5-13(18-2)6-8-14/h3-11H,1-2H3. The van der Waals surface area contributed by atoms with Gasteiger partial charge in [-0.3, -0.25) is 9.78 Å². The fraction of sp³-hybridized carbons (Fsp3) is 0.200. The van der Waals surface area contributed by atoms with Gasteiger partial charge in [-0.05, 0) is 43.3 Å². The van der Waals surface area contributed by atoms with E-state index in [9.17, 15) is 4.79 Å². The molecule has 1 heterocycles. The number of rotatable bonds is 5. The Morgan fingerprint density at radius 2 is 1.84 bits per heavy atom. The molecule has 0 saturated carbocycles. The van der Waals surface area contributed by atoms with Gasteiger partial charge in [0, 0.05) is 18.0 Å². The van der Waals surface area contributed by atoms with Gasteiger partial charge in [0.25, 0.3) is 0 Å². The van der Waals surface area contributed by atoms with Crippen LogP contribution in [0.4, 0.5) is 0 Å². The second-order valence-corrected chi connectivity index (χ2v) is 4.04. The molecule has 1 atom stereocenters. The van der Waals surface area contributed by atoms with Gasteiger partial charge >= 0.3 is 0 Å². The quantitative estimate of drug-likeness (QED) is 0.773. The second kappa shape index (κ2) is 6.00. The molecule has 0 fully saturated rings. The van der Waals surface area contributed by atoms with Crippen LogP contribution in [-0.2, 0) is 0 Å². The van der Waals surface area contributed by atoms with Crippen LogP contribution >= 0.6 is 0 Å². The Bertz CT molecular complexity index is 537. The fourth-order valence-corrected chi connectivity index (χ4v) is 1.66. The van der Waals surface area contributed by atoms with Crippen molar-refractivity contribution in [3.8, 4) is 11.5 Å². The summed E-state index contributed by atoms with van der Waals surface area (Å²) in [6.07, 6.45) is 2.61. The van der Waals surface area contributed by atoms with Crippen molar-refractivity contribution in [1.82, 2.24) is 4.98 Å². The zero-order valence-electron chi connectivity index (χ0n) is 10.9. The summed E-state index contributed by atoms with van der Waals surface area (Å²) in [6.45, 7) is 1.72. The Morgan fingerprint density at radius 1 is 1.16 bits per heavy atom. The largest absolute Gasteiger partial charge is 0.497 e. The molecule has 0 saturated heterocycles. The average molecular weight is 257 g/mol. The first-order chi connectivity index (χ1) is 9.20. The van der Waals surface area contributed by atoms with Crippen LogP contribution in [0.15, 0.2) is 48.8 Å². The third-order valence-electron chi connectivity index (χ3n) is 2.69. The number of benzene rings is 1. The summed E-state index contributed by atoms with van der Waals surface area (Å²) in [5.74, 6) is 1.29. The summed E-state index contributed by atoms with van der Waals surface area (Å²) in [5.41, 5.74) is 0.545. The number of carbonyl (C=O) groups is 1. The van der Waals surface area contributed by atoms with Crippen LogP contribution in [0.2, 0.25) is 0 Å². The Hall–Kier alpha value is -2.36. The van der Waals surface area contributed by atoms with E-state index in [1.165, 1.54) is 6.20 Å². The molecule has 0 radical (unpaired) electrons. The number of hydrogen-bond acceptors (Lipinski definition) is 4. The molecule has 0 bridgehead atoms. The molecule has 2 rings (SSSR count). The van der Waals surface area contributed by atoms with Gasteiger partial charge in [0.2, 0.25) is 5.78 Å². The van der Waals surface area contributed by atoms with E-state index >= 15 is 0 Å². The van der Waals surface area contributed by atoms with Gasteiger partial charge in [-0.1, -0.05) is 0 Å². The topological polar surface area (TPSA) is 48.4 Å². The molecule has 0 N–H and O–H groups in total. The van der Waals surface area contributed by atoms with E-state index in [0.29, 0.717) is 11.3 Å². The first-order valence-corrected chi connectivity index (χ1v) is 5.95. The highest BCUT2D eigenvalue weighted by molar-refractivity contribution is 5.99. The maximum absolute atomic E-state index is 12.1. The van der Waals surface area contributed by atoms with E-state index in [2.05, 4.69) is 4.98 Å². The van der Waals surface area contributed by atoms with Crippen molar-refractivity contribution in [1.29, 1.82) is 0 Å². The Labute approximate surface area is 112 Å². The molecule has 4 heteroatoms. The molecule has 0 aliphatic carbocycles. The molecule has 0 aliphatic rings. The number of pyridine rings is 1. The molecule has 0 spiro atoms. The number of ketones is 1. The van der Waals surface area contributed by atoms with Gasteiger partial charge in [0.1, 0.15) is 11.5 Å². The van der Waals surface area contributed by atoms with Crippen molar-refractivity contribution < 1.29 is 14.3 Å². The van der Waals surface area contributed by atoms with Crippen molar-refractivity contribution >= 4 is 5.78 Å². The SMILES string of the molecule is COc1ccc(OC(C)C(=O)c2cccnc2)cc1. The van der Waals surface area contributed by atoms with Crippen molar-refractivity contribution in [2.45, 2.75) is 13.0 Å². The Balaban J connectivity index is 2.04. The molecule has 1 aromatic carbocycles. The number of ether oxygens (including phenoxy) is 2. The van der Waals surface area contributed by atoms with Crippen LogP contribution in [0, 0.1) is 0 Å². The van der Waals surface area contributed by atoms with Crippen LogP contribution in [0.3, 0.4) is 0 Å². The van der Waals surface area contributed by atoms with E-state index in [1.807, 2.05) is 0 Å². The van der Waals surface area contributed by atoms with Gasteiger partial charge in [-0.2, -0.15) is 0 Å². The van der Waals surface area contributed by atoms with E-state index in [4.69, 9.17) is 9.47 Å². The lowest BCUT2D eigenvalue weighted by molar-refractivity contribution is 0.0817. The molecule has 1 unspecified atom stereocenters. The third-order valence-corrected chi connectivity index (χ3v) is 2.69. The number of Topliss-reactive ketones (excluding diaryl/α,β-unsaturated/α-hetero) is 1. The molecular formula is C15H15NO3. The molecular weight excluding hydrogens is 242 g/mol. The minimum Gasteiger partial charge on any atom is -0.497 e. The smallest absolute Gasteiger partial charge is 0.204 e. The first-order valence-electron chi connectivity index (χ1n) is 5.95. The summed E-state index contributed by atoms with van der Waals surface area (Å²) < 4.78 is 10.7. The van der Waals surface area contributed by atoms with E-state index in [-0.39, 0.29) is 5.78 Å². The summed E-state index contributed by atoms with van der Waals surface area (Å²) in [5, 5.41) is 0. The second-order valence-electron chi connectivity index (χ2n) is 4.04. The normalized spacial score (nSPS) is 11.7. The molecule has 4 nitrogen and oxygen atoms in total. The van der Waals surface area contributed by atoms with E-state index in [0.717, 1.165) is 5.75 Å². The summed E-state index contributed by atoms with van der Waals surface area (Å²) >= 11 is 0. The van der Waals surface area contributed by atoms with Crippen LogP contribution in [0.1, 0.15) is 17.3 Å². The predicted octanol–water partition coefficient (Wildman–Crippen LogP) is 2.74. The summed E-state index contributed by atoms with van der Waals surface area (Å²) in [6, 6.07) is 10.6. The van der Waals surface area contributed by atoms with Crippen LogP contribution in [-0.4, -0.2) is 24.0 Å². The number of hydrogen-bond donors (Lipinski definition) is 0. The fourth-order valence-electron chi connectivity index (χ4n) is 1.66. The summed E-state index contributed by atoms with van der Waals surface area (Å²) in [7, 11) is 1.60. The maximum atomic E-state index is 12.1. The minimum atomic E-state index is -0.558. The van der Waals surface area contributed by atoms with Crippen molar-refractivity contribution in [3.63, 3.8) is 0 Å². The monoisotopic (exact) mass is 257 g/mol. The molecule has 0 aliphatic heterocycles. The lowest BCUT2D eigenvalue weighted by atomic mass is 10.1. The summed E-state index contributed by atoms with van der Waals surface area (Å²) in [4.78, 5) is 16.0. The first kappa shape index (κ1) is 13.1. The predicted molar refractivity (Wildman–Crippen MR) is 71.7 cm³/mol. The van der Waals surface area contributed by atoms with Crippen molar-refractivity contribution in [3.05, 3.63) is 54.4 Å². The van der Waals surface area contributed by atoms with Gasteiger partial charge < -0.3 is 9.47 Å². The van der Waals surface area contributed by atoms with Gasteiger partial charge in [-0.25, -0.2) is 0 Å². The molecule has 19 heavy (non-hydrogen) atoms. The van der Waals surface area contributed by atoms with Gasteiger partial charge in [0.05, 0.1) is 7.11 Å². The highest BCUT2D eigenvalue weighted by Gasteiger charge is 2.16. The molecule has 1 aromatic heterocycles. The lowest BCUT2D eigenvalue weighted by Gasteiger charge is -2.13. The van der Waals surface area contributed by atoms with Crippen molar-refractivity contribution in [2.24, 2.45) is 0 Å². The zero-order chi connectivity index (χ0) is 13.7. The van der Waals surface area contributed by atoms with E-state index in [1.54, 1.807) is 56.6 Å². The highest BCUT2D eigenvalue weighted by atomic mass is 16.5. The van der Waals surface area contributed by atoms with Crippen LogP contribution in [0.25, 0.3) is 0 Å². The third kappa shape index (κ3) is 3.31. The lowest BCUT2D eigenvalue weighted by Crippen LogP contribution is -2.23. The van der Waals surface area contributed by atoms with Gasteiger partial charge in [-0.15, -0.1) is 0 Å². The maximum Gasteiger partial charge on any atom is 0.204 e. The molecule has 2 aromatic rings. The molecule has 0 amide bonds. The Morgan fingerprint density at radius 3 is 2.42 bits per heavy atom. The Kier molecular flexibility index (Phi) is 4.13. The van der Waals surface area contributed by atoms with Crippen LogP contribution < -0.4 is 9.47 Å². The number of nitrogens with zero attached hydrogens (tertiary/aromatic N) is 1. The van der Waals surface area contributed by atoms with E-state index < -0.39 is 6.10 Å². The highest BCUT2D eigenvalue weighted by Crippen LogP contribution is 2.19. The minimum absolute atomic E-state index is 0.0936. The molecule has 98 valence electrons.